The summed E-state index contributed by atoms with van der Waals surface area (Å²) in [4.78, 5) is 10.8. The minimum absolute atomic E-state index is 0.0658. The first-order chi connectivity index (χ1) is 5.35. The molecule has 0 radical (unpaired) electrons. The van der Waals surface area contributed by atoms with E-state index in [1.165, 1.54) is 12.2 Å². The van der Waals surface area contributed by atoms with Crippen LogP contribution in [0.4, 0.5) is 0 Å². The SMILES string of the molecule is CC(C)(C)C1(O)C=CC(=O)C=C1. The van der Waals surface area contributed by atoms with Crippen molar-refractivity contribution in [3.8, 4) is 0 Å². The highest BCUT2D eigenvalue weighted by Gasteiger charge is 2.36. The summed E-state index contributed by atoms with van der Waals surface area (Å²) in [6.45, 7) is 5.78. The van der Waals surface area contributed by atoms with Crippen LogP contribution in [0.3, 0.4) is 0 Å². The molecule has 0 atom stereocenters. The molecule has 0 aromatic rings. The summed E-state index contributed by atoms with van der Waals surface area (Å²) in [6, 6.07) is 0. The van der Waals surface area contributed by atoms with E-state index in [2.05, 4.69) is 0 Å². The van der Waals surface area contributed by atoms with E-state index < -0.39 is 5.60 Å². The summed E-state index contributed by atoms with van der Waals surface area (Å²) < 4.78 is 0. The van der Waals surface area contributed by atoms with Crippen LogP contribution in [0.5, 0.6) is 0 Å². The average Bonchev–Trinajstić information content (AvgIpc) is 1.93. The number of ketones is 1. The van der Waals surface area contributed by atoms with Crippen molar-refractivity contribution in [3.05, 3.63) is 24.3 Å². The van der Waals surface area contributed by atoms with Crippen molar-refractivity contribution in [2.24, 2.45) is 5.41 Å². The van der Waals surface area contributed by atoms with E-state index in [1.54, 1.807) is 12.2 Å². The maximum absolute atomic E-state index is 10.8. The molecule has 1 aliphatic rings. The van der Waals surface area contributed by atoms with Gasteiger partial charge in [-0.25, -0.2) is 0 Å². The second-order valence-electron chi connectivity index (χ2n) is 4.14. The molecule has 2 heteroatoms. The van der Waals surface area contributed by atoms with Crippen LogP contribution in [0.15, 0.2) is 24.3 Å². The van der Waals surface area contributed by atoms with Crippen LogP contribution in [-0.2, 0) is 4.79 Å². The van der Waals surface area contributed by atoms with Gasteiger partial charge >= 0.3 is 0 Å². The fraction of sp³-hybridized carbons (Fsp3) is 0.500. The van der Waals surface area contributed by atoms with Crippen molar-refractivity contribution in [1.82, 2.24) is 0 Å². The lowest BCUT2D eigenvalue weighted by Gasteiger charge is -2.36. The van der Waals surface area contributed by atoms with E-state index in [1.807, 2.05) is 20.8 Å². The Morgan fingerprint density at radius 3 is 2.00 bits per heavy atom. The molecule has 12 heavy (non-hydrogen) atoms. The minimum Gasteiger partial charge on any atom is -0.381 e. The Morgan fingerprint density at radius 1 is 1.25 bits per heavy atom. The zero-order valence-electron chi connectivity index (χ0n) is 7.66. The van der Waals surface area contributed by atoms with E-state index in [4.69, 9.17) is 0 Å². The van der Waals surface area contributed by atoms with Gasteiger partial charge in [0.25, 0.3) is 0 Å². The third-order valence-corrected chi connectivity index (χ3v) is 2.20. The van der Waals surface area contributed by atoms with Gasteiger partial charge in [0, 0.05) is 0 Å². The molecule has 0 fully saturated rings. The van der Waals surface area contributed by atoms with E-state index >= 15 is 0 Å². The number of aliphatic hydroxyl groups is 1. The molecule has 0 unspecified atom stereocenters. The highest BCUT2D eigenvalue weighted by molar-refractivity contribution is 6.00. The van der Waals surface area contributed by atoms with E-state index in [0.717, 1.165) is 0 Å². The molecular formula is C10H14O2. The number of rotatable bonds is 0. The zero-order chi connectivity index (χ0) is 9.41. The molecule has 1 N–H and O–H groups in total. The lowest BCUT2D eigenvalue weighted by Crippen LogP contribution is -2.40. The van der Waals surface area contributed by atoms with Crippen molar-refractivity contribution in [2.45, 2.75) is 26.4 Å². The summed E-state index contributed by atoms with van der Waals surface area (Å²) in [5, 5.41) is 10.00. The molecule has 0 aliphatic heterocycles. The molecule has 66 valence electrons. The number of carbonyl (C=O) groups is 1. The van der Waals surface area contributed by atoms with Crippen molar-refractivity contribution in [3.63, 3.8) is 0 Å². The van der Waals surface area contributed by atoms with Gasteiger partial charge in [-0.05, 0) is 29.7 Å². The Balaban J connectivity index is 2.97. The Morgan fingerprint density at radius 2 is 1.67 bits per heavy atom. The Kier molecular flexibility index (Phi) is 1.96. The van der Waals surface area contributed by atoms with Crippen molar-refractivity contribution < 1.29 is 9.90 Å². The van der Waals surface area contributed by atoms with Crippen molar-refractivity contribution in [1.29, 1.82) is 0 Å². The summed E-state index contributed by atoms with van der Waals surface area (Å²) in [6.07, 6.45) is 5.92. The topological polar surface area (TPSA) is 37.3 Å². The monoisotopic (exact) mass is 166 g/mol. The van der Waals surface area contributed by atoms with Crippen LogP contribution in [0, 0.1) is 5.41 Å². The largest absolute Gasteiger partial charge is 0.381 e. The third-order valence-electron chi connectivity index (χ3n) is 2.20. The van der Waals surface area contributed by atoms with E-state index in [0.29, 0.717) is 0 Å². The van der Waals surface area contributed by atoms with Gasteiger partial charge in [0.15, 0.2) is 5.78 Å². The molecule has 1 aliphatic carbocycles. The standard InChI is InChI=1S/C10H14O2/c1-9(2,3)10(12)6-4-8(11)5-7-10/h4-7,12H,1-3H3. The predicted octanol–water partition coefficient (Wildman–Crippen LogP) is 1.46. The first-order valence-corrected chi connectivity index (χ1v) is 4.00. The number of hydrogen-bond donors (Lipinski definition) is 1. The lowest BCUT2D eigenvalue weighted by atomic mass is 9.74. The molecular weight excluding hydrogens is 152 g/mol. The van der Waals surface area contributed by atoms with Crippen LogP contribution in [0.1, 0.15) is 20.8 Å². The van der Waals surface area contributed by atoms with Gasteiger partial charge in [-0.3, -0.25) is 4.79 Å². The summed E-state index contributed by atoms with van der Waals surface area (Å²) >= 11 is 0. The molecule has 2 nitrogen and oxygen atoms in total. The predicted molar refractivity (Wildman–Crippen MR) is 47.7 cm³/mol. The molecule has 0 saturated heterocycles. The smallest absolute Gasteiger partial charge is 0.178 e. The normalized spacial score (nSPS) is 21.5. The van der Waals surface area contributed by atoms with Crippen LogP contribution >= 0.6 is 0 Å². The highest BCUT2D eigenvalue weighted by atomic mass is 16.3. The fourth-order valence-corrected chi connectivity index (χ4v) is 1.03. The van der Waals surface area contributed by atoms with Crippen molar-refractivity contribution >= 4 is 5.78 Å². The summed E-state index contributed by atoms with van der Waals surface area (Å²) in [5.41, 5.74) is -1.26. The molecule has 0 amide bonds. The Hall–Kier alpha value is -0.890. The van der Waals surface area contributed by atoms with Crippen LogP contribution in [-0.4, -0.2) is 16.5 Å². The van der Waals surface area contributed by atoms with Gasteiger partial charge < -0.3 is 5.11 Å². The van der Waals surface area contributed by atoms with Gasteiger partial charge in [-0.2, -0.15) is 0 Å². The summed E-state index contributed by atoms with van der Waals surface area (Å²) in [7, 11) is 0. The lowest BCUT2D eigenvalue weighted by molar-refractivity contribution is -0.111. The molecule has 0 saturated carbocycles. The van der Waals surface area contributed by atoms with Gasteiger partial charge in [0.05, 0.1) is 0 Å². The third kappa shape index (κ3) is 1.48. The number of carbonyl (C=O) groups excluding carboxylic acids is 1. The van der Waals surface area contributed by atoms with Gasteiger partial charge in [0.2, 0.25) is 0 Å². The number of hydrogen-bond acceptors (Lipinski definition) is 2. The number of allylic oxidation sites excluding steroid dienone is 2. The molecule has 0 spiro atoms. The molecule has 1 rings (SSSR count). The van der Waals surface area contributed by atoms with Crippen LogP contribution in [0.25, 0.3) is 0 Å². The maximum atomic E-state index is 10.8. The Bertz CT molecular complexity index is 238. The Labute approximate surface area is 72.6 Å². The first kappa shape index (κ1) is 9.20. The molecule has 0 bridgehead atoms. The first-order valence-electron chi connectivity index (χ1n) is 4.00. The van der Waals surface area contributed by atoms with Gasteiger partial charge in [-0.1, -0.05) is 20.8 Å². The van der Waals surface area contributed by atoms with Crippen LogP contribution in [0.2, 0.25) is 0 Å². The van der Waals surface area contributed by atoms with E-state index in [-0.39, 0.29) is 11.2 Å². The van der Waals surface area contributed by atoms with Crippen LogP contribution < -0.4 is 0 Å². The second kappa shape index (κ2) is 2.56. The fourth-order valence-electron chi connectivity index (χ4n) is 1.03. The summed E-state index contributed by atoms with van der Waals surface area (Å²) in [5.74, 6) is -0.0658. The minimum atomic E-state index is -0.985. The maximum Gasteiger partial charge on any atom is 0.178 e. The molecule has 0 aromatic heterocycles. The van der Waals surface area contributed by atoms with Gasteiger partial charge in [0.1, 0.15) is 5.60 Å². The average molecular weight is 166 g/mol. The molecule has 0 heterocycles. The van der Waals surface area contributed by atoms with Gasteiger partial charge in [-0.15, -0.1) is 0 Å². The molecule has 0 aromatic carbocycles. The van der Waals surface area contributed by atoms with E-state index in [9.17, 15) is 9.90 Å². The highest BCUT2D eigenvalue weighted by Crippen LogP contribution is 2.34. The second-order valence-corrected chi connectivity index (χ2v) is 4.14. The van der Waals surface area contributed by atoms with Crippen molar-refractivity contribution in [2.75, 3.05) is 0 Å². The quantitative estimate of drug-likeness (QED) is 0.591. The zero-order valence-corrected chi connectivity index (χ0v) is 7.66.